The van der Waals surface area contributed by atoms with Crippen molar-refractivity contribution < 1.29 is 0 Å². The smallest absolute Gasteiger partial charge is 0.178 e. The maximum Gasteiger partial charge on any atom is 0.178 e. The van der Waals surface area contributed by atoms with E-state index in [1.807, 2.05) is 12.1 Å². The molecule has 0 saturated heterocycles. The summed E-state index contributed by atoms with van der Waals surface area (Å²) in [7, 11) is 0. The molecule has 1 N–H and O–H groups in total. The van der Waals surface area contributed by atoms with Gasteiger partial charge in [-0.2, -0.15) is 5.10 Å². The van der Waals surface area contributed by atoms with Gasteiger partial charge in [-0.05, 0) is 37.1 Å². The van der Waals surface area contributed by atoms with Crippen molar-refractivity contribution >= 4 is 5.69 Å². The summed E-state index contributed by atoms with van der Waals surface area (Å²) in [5.41, 5.74) is 3.47. The minimum atomic E-state index is 0.178. The summed E-state index contributed by atoms with van der Waals surface area (Å²) in [4.78, 5) is 8.36. The van der Waals surface area contributed by atoms with Crippen LogP contribution in [0.25, 0.3) is 5.82 Å². The van der Waals surface area contributed by atoms with Gasteiger partial charge in [0, 0.05) is 12.2 Å². The molecule has 0 aliphatic heterocycles. The molecule has 0 bridgehead atoms. The van der Waals surface area contributed by atoms with Gasteiger partial charge in [-0.3, -0.25) is 0 Å². The first kappa shape index (κ1) is 13.3. The van der Waals surface area contributed by atoms with Crippen LogP contribution in [-0.2, 0) is 0 Å². The van der Waals surface area contributed by atoms with Gasteiger partial charge in [0.25, 0.3) is 0 Å². The lowest BCUT2D eigenvalue weighted by molar-refractivity contribution is 0.826. The molecule has 2 heterocycles. The molecular weight excluding hydrogens is 262 g/mol. The molecule has 1 unspecified atom stereocenters. The van der Waals surface area contributed by atoms with Crippen molar-refractivity contribution in [1.82, 2.24) is 19.7 Å². The second-order valence-electron chi connectivity index (χ2n) is 4.94. The van der Waals surface area contributed by atoms with Crippen molar-refractivity contribution in [2.45, 2.75) is 19.9 Å². The summed E-state index contributed by atoms with van der Waals surface area (Å²) in [5, 5.41) is 7.65. The number of aryl methyl sites for hydroxylation is 1. The molecule has 2 aromatic heterocycles. The molecule has 1 aromatic carbocycles. The van der Waals surface area contributed by atoms with Crippen LogP contribution >= 0.6 is 0 Å². The normalized spacial score (nSPS) is 12.1. The van der Waals surface area contributed by atoms with Gasteiger partial charge < -0.3 is 5.32 Å². The average molecular weight is 279 g/mol. The van der Waals surface area contributed by atoms with Crippen LogP contribution in [0.15, 0.2) is 55.2 Å². The molecule has 3 rings (SSSR count). The minimum absolute atomic E-state index is 0.178. The van der Waals surface area contributed by atoms with Crippen LogP contribution in [0.4, 0.5) is 5.69 Å². The summed E-state index contributed by atoms with van der Waals surface area (Å²) in [6.45, 7) is 4.26. The quantitative estimate of drug-likeness (QED) is 0.797. The van der Waals surface area contributed by atoms with Crippen molar-refractivity contribution in [2.75, 3.05) is 5.32 Å². The van der Waals surface area contributed by atoms with Gasteiger partial charge in [0.15, 0.2) is 5.82 Å². The molecule has 0 aliphatic carbocycles. The molecule has 0 saturated carbocycles. The van der Waals surface area contributed by atoms with Crippen molar-refractivity contribution in [3.8, 4) is 5.82 Å². The second-order valence-corrected chi connectivity index (χ2v) is 4.94. The zero-order chi connectivity index (χ0) is 14.7. The van der Waals surface area contributed by atoms with E-state index in [2.05, 4.69) is 58.5 Å². The van der Waals surface area contributed by atoms with Gasteiger partial charge in [0.2, 0.25) is 0 Å². The zero-order valence-corrected chi connectivity index (χ0v) is 12.1. The van der Waals surface area contributed by atoms with Gasteiger partial charge in [0.05, 0.1) is 5.69 Å². The predicted octanol–water partition coefficient (Wildman–Crippen LogP) is 3.14. The molecule has 21 heavy (non-hydrogen) atoms. The van der Waals surface area contributed by atoms with E-state index in [0.717, 1.165) is 11.5 Å². The lowest BCUT2D eigenvalue weighted by Gasteiger charge is -2.19. The van der Waals surface area contributed by atoms with E-state index in [0.29, 0.717) is 0 Å². The Morgan fingerprint density at radius 3 is 2.76 bits per heavy atom. The monoisotopic (exact) mass is 279 g/mol. The lowest BCUT2D eigenvalue weighted by atomic mass is 10.0. The average Bonchev–Trinajstić information content (AvgIpc) is 3.02. The highest BCUT2D eigenvalue weighted by atomic mass is 15.3. The van der Waals surface area contributed by atoms with Crippen LogP contribution in [0.2, 0.25) is 0 Å². The predicted molar refractivity (Wildman–Crippen MR) is 82.4 cm³/mol. The fourth-order valence-corrected chi connectivity index (χ4v) is 2.39. The van der Waals surface area contributed by atoms with E-state index in [1.54, 1.807) is 17.2 Å². The van der Waals surface area contributed by atoms with Crippen LogP contribution in [-0.4, -0.2) is 19.7 Å². The number of hydrogen-bond donors (Lipinski definition) is 1. The highest BCUT2D eigenvalue weighted by Crippen LogP contribution is 2.24. The number of anilines is 1. The Labute approximate surface area is 123 Å². The third kappa shape index (κ3) is 2.76. The molecular formula is C16H17N5. The van der Waals surface area contributed by atoms with E-state index in [9.17, 15) is 0 Å². The topological polar surface area (TPSA) is 55.6 Å². The van der Waals surface area contributed by atoms with Crippen LogP contribution in [0.5, 0.6) is 0 Å². The van der Waals surface area contributed by atoms with E-state index < -0.39 is 0 Å². The second kappa shape index (κ2) is 5.75. The van der Waals surface area contributed by atoms with Crippen LogP contribution in [0.3, 0.4) is 0 Å². The number of benzene rings is 1. The summed E-state index contributed by atoms with van der Waals surface area (Å²) in [6.07, 6.45) is 4.90. The third-order valence-corrected chi connectivity index (χ3v) is 3.45. The maximum atomic E-state index is 4.39. The number of hydrogen-bond acceptors (Lipinski definition) is 4. The summed E-state index contributed by atoms with van der Waals surface area (Å²) >= 11 is 0. The first-order valence-corrected chi connectivity index (χ1v) is 6.88. The summed E-state index contributed by atoms with van der Waals surface area (Å²) < 4.78 is 1.66. The van der Waals surface area contributed by atoms with Gasteiger partial charge in [-0.1, -0.05) is 24.3 Å². The Kier molecular flexibility index (Phi) is 3.64. The molecule has 106 valence electrons. The maximum absolute atomic E-state index is 4.39. The van der Waals surface area contributed by atoms with Crippen LogP contribution in [0.1, 0.15) is 24.1 Å². The van der Waals surface area contributed by atoms with Crippen molar-refractivity contribution in [1.29, 1.82) is 0 Å². The van der Waals surface area contributed by atoms with Crippen molar-refractivity contribution in [3.63, 3.8) is 0 Å². The summed E-state index contributed by atoms with van der Waals surface area (Å²) in [6, 6.07) is 12.5. The fraction of sp³-hybridized carbons (Fsp3) is 0.188. The third-order valence-electron chi connectivity index (χ3n) is 3.45. The Bertz CT molecular complexity index is 721. The van der Waals surface area contributed by atoms with Gasteiger partial charge in [-0.25, -0.2) is 14.6 Å². The molecule has 5 nitrogen and oxygen atoms in total. The lowest BCUT2D eigenvalue weighted by Crippen LogP contribution is -2.11. The number of nitrogens with zero attached hydrogens (tertiary/aromatic N) is 4. The van der Waals surface area contributed by atoms with Gasteiger partial charge in [-0.15, -0.1) is 0 Å². The molecule has 0 amide bonds. The van der Waals surface area contributed by atoms with E-state index in [4.69, 9.17) is 0 Å². The molecule has 5 heteroatoms. The fourth-order valence-electron chi connectivity index (χ4n) is 2.39. The van der Waals surface area contributed by atoms with Crippen LogP contribution in [0, 0.1) is 6.92 Å². The molecule has 0 aliphatic rings. The SMILES string of the molecule is Cc1ccccc1C(C)Nc1cccnc1-n1cncn1. The first-order valence-electron chi connectivity index (χ1n) is 6.88. The van der Waals surface area contributed by atoms with E-state index in [1.165, 1.54) is 17.5 Å². The van der Waals surface area contributed by atoms with Gasteiger partial charge >= 0.3 is 0 Å². The zero-order valence-electron chi connectivity index (χ0n) is 12.1. The number of pyridine rings is 1. The first-order chi connectivity index (χ1) is 10.3. The van der Waals surface area contributed by atoms with E-state index in [-0.39, 0.29) is 6.04 Å². The highest BCUT2D eigenvalue weighted by Gasteiger charge is 2.12. The summed E-state index contributed by atoms with van der Waals surface area (Å²) in [5.74, 6) is 0.746. The molecule has 3 aromatic rings. The Morgan fingerprint density at radius 1 is 1.14 bits per heavy atom. The van der Waals surface area contributed by atoms with E-state index >= 15 is 0 Å². The Hall–Kier alpha value is -2.69. The molecule has 1 atom stereocenters. The number of nitrogens with one attached hydrogen (secondary N) is 1. The number of rotatable bonds is 4. The van der Waals surface area contributed by atoms with Crippen LogP contribution < -0.4 is 5.32 Å². The Morgan fingerprint density at radius 2 is 2.00 bits per heavy atom. The van der Waals surface area contributed by atoms with Crippen molar-refractivity contribution in [2.24, 2.45) is 0 Å². The minimum Gasteiger partial charge on any atom is -0.375 e. The molecule has 0 spiro atoms. The number of aromatic nitrogens is 4. The van der Waals surface area contributed by atoms with Crippen molar-refractivity contribution in [3.05, 3.63) is 66.4 Å². The highest BCUT2D eigenvalue weighted by molar-refractivity contribution is 5.57. The molecule has 0 fully saturated rings. The largest absolute Gasteiger partial charge is 0.375 e. The standard InChI is InChI=1S/C16H17N5/c1-12-6-3-4-7-14(12)13(2)20-15-8-5-9-18-16(15)21-11-17-10-19-21/h3-11,13,20H,1-2H3. The van der Waals surface area contributed by atoms with Gasteiger partial charge in [0.1, 0.15) is 12.7 Å². The Balaban J connectivity index is 1.91. The molecule has 0 radical (unpaired) electrons.